The lowest BCUT2D eigenvalue weighted by molar-refractivity contribution is -0.493. The van der Waals surface area contributed by atoms with Crippen LogP contribution in [0.5, 0.6) is 0 Å². The molecule has 1 fully saturated rings. The Labute approximate surface area is 241 Å². The maximum Gasteiger partial charge on any atom is 0.522 e. The molecule has 0 radical (unpaired) electrons. The van der Waals surface area contributed by atoms with Gasteiger partial charge >= 0.3 is 6.36 Å². The number of thiazole rings is 1. The molecule has 1 aliphatic heterocycles. The summed E-state index contributed by atoms with van der Waals surface area (Å²) in [6.07, 6.45) is -2.82. The van der Waals surface area contributed by atoms with E-state index >= 15 is 0 Å². The summed E-state index contributed by atoms with van der Waals surface area (Å²) >= 11 is 1.23. The minimum absolute atomic E-state index is 0.0730. The molecular weight excluding hydrogens is 573 g/mol. The fourth-order valence-corrected chi connectivity index (χ4v) is 8.06. The first-order chi connectivity index (χ1) is 19.3. The maximum atomic E-state index is 13.3. The molecule has 0 spiro atoms. The molecule has 2 aliphatic rings. The van der Waals surface area contributed by atoms with Crippen molar-refractivity contribution in [1.29, 1.82) is 0 Å². The number of aromatic nitrogens is 1. The van der Waals surface area contributed by atoms with Crippen LogP contribution in [0.2, 0.25) is 0 Å². The Bertz CT molecular complexity index is 1610. The number of azo groups is 2. The van der Waals surface area contributed by atoms with Crippen LogP contribution >= 0.6 is 11.3 Å². The number of alkyl halides is 3. The molecule has 1 aliphatic carbocycles. The van der Waals surface area contributed by atoms with Crippen molar-refractivity contribution in [2.75, 3.05) is 11.8 Å². The number of sulfonamides is 1. The van der Waals surface area contributed by atoms with Gasteiger partial charge in [-0.05, 0) is 65.9 Å². The molecule has 12 heteroatoms. The second kappa shape index (κ2) is 11.3. The van der Waals surface area contributed by atoms with E-state index in [1.807, 2.05) is 48.5 Å². The van der Waals surface area contributed by atoms with Crippen LogP contribution < -0.4 is 4.72 Å². The van der Waals surface area contributed by atoms with Gasteiger partial charge in [-0.3, -0.25) is 9.46 Å². The monoisotopic (exact) mass is 605 g/mol. The van der Waals surface area contributed by atoms with E-state index in [0.29, 0.717) is 18.5 Å². The van der Waals surface area contributed by atoms with Gasteiger partial charge in [-0.15, -0.1) is 13.2 Å². The van der Waals surface area contributed by atoms with Crippen molar-refractivity contribution in [3.8, 4) is 21.7 Å². The first kappa shape index (κ1) is 29.4. The second-order valence-electron chi connectivity index (χ2n) is 10.8. The predicted molar refractivity (Wildman–Crippen MR) is 153 cm³/mol. The van der Waals surface area contributed by atoms with Gasteiger partial charge in [0.2, 0.25) is 6.20 Å². The van der Waals surface area contributed by atoms with Gasteiger partial charge in [0.15, 0.2) is 23.1 Å². The van der Waals surface area contributed by atoms with Crippen molar-refractivity contribution in [2.24, 2.45) is 5.11 Å². The highest BCUT2D eigenvalue weighted by atomic mass is 32.2. The van der Waals surface area contributed by atoms with E-state index in [4.69, 9.17) is 4.98 Å². The third-order valence-electron chi connectivity index (χ3n) is 7.38. The van der Waals surface area contributed by atoms with Crippen LogP contribution in [-0.2, 0) is 14.8 Å². The zero-order chi connectivity index (χ0) is 29.5. The number of nitrogens with zero attached hydrogens (tertiary/aromatic N) is 3. The largest absolute Gasteiger partial charge is 0.522 e. The quantitative estimate of drug-likeness (QED) is 0.265. The number of hydrogen-bond acceptors (Lipinski definition) is 6. The molecule has 7 nitrogen and oxygen atoms in total. The number of nitrogens with one attached hydrogen (secondary N) is 1. The van der Waals surface area contributed by atoms with Crippen LogP contribution in [0, 0.1) is 0 Å². The SMILES string of the molecule is CC1N=[N+](C)C=C1S(=O)(=O)Nc1nc(-c2ccccc2C(C)C)c(-c2cccc([C@H]3CC[C@@H](OC(F)(F)F)C3)c2)s1. The third-order valence-corrected chi connectivity index (χ3v) is 10.1. The van der Waals surface area contributed by atoms with E-state index in [9.17, 15) is 21.6 Å². The topological polar surface area (TPSA) is 83.7 Å². The van der Waals surface area contributed by atoms with Gasteiger partial charge in [-0.25, -0.2) is 13.4 Å². The van der Waals surface area contributed by atoms with E-state index in [-0.39, 0.29) is 28.3 Å². The summed E-state index contributed by atoms with van der Waals surface area (Å²) in [4.78, 5) is 5.72. The van der Waals surface area contributed by atoms with Crippen molar-refractivity contribution in [2.45, 2.75) is 70.4 Å². The lowest BCUT2D eigenvalue weighted by Gasteiger charge is -2.15. The summed E-state index contributed by atoms with van der Waals surface area (Å²) in [5.74, 6) is 0.119. The van der Waals surface area contributed by atoms with E-state index in [1.54, 1.807) is 14.0 Å². The molecule has 0 amide bonds. The fourth-order valence-electron chi connectivity index (χ4n) is 5.55. The van der Waals surface area contributed by atoms with Gasteiger partial charge in [0.1, 0.15) is 0 Å². The Kier molecular flexibility index (Phi) is 8.10. The molecule has 1 aromatic heterocycles. The van der Waals surface area contributed by atoms with Gasteiger partial charge in [0.25, 0.3) is 10.0 Å². The van der Waals surface area contributed by atoms with Gasteiger partial charge in [0.05, 0.1) is 16.7 Å². The molecular formula is C29H32F3N4O3S2+. The van der Waals surface area contributed by atoms with Crippen LogP contribution in [0.1, 0.15) is 63.0 Å². The van der Waals surface area contributed by atoms with E-state index in [0.717, 1.165) is 27.1 Å². The van der Waals surface area contributed by atoms with E-state index in [2.05, 4.69) is 28.4 Å². The Morgan fingerprint density at radius 2 is 1.88 bits per heavy atom. The number of benzene rings is 2. The average molecular weight is 606 g/mol. The van der Waals surface area contributed by atoms with Crippen LogP contribution in [-0.4, -0.2) is 43.7 Å². The minimum Gasteiger partial charge on any atom is -0.289 e. The highest BCUT2D eigenvalue weighted by Crippen LogP contribution is 2.44. The summed E-state index contributed by atoms with van der Waals surface area (Å²) in [5, 5.41) is 4.46. The second-order valence-corrected chi connectivity index (χ2v) is 13.4. The number of ether oxygens (including phenoxy) is 1. The Balaban J connectivity index is 1.53. The zero-order valence-electron chi connectivity index (χ0n) is 23.1. The summed E-state index contributed by atoms with van der Waals surface area (Å²) in [7, 11) is -2.24. The molecule has 41 heavy (non-hydrogen) atoms. The van der Waals surface area contributed by atoms with Gasteiger partial charge in [0, 0.05) is 5.56 Å². The Morgan fingerprint density at radius 3 is 2.56 bits per heavy atom. The molecule has 0 bridgehead atoms. The van der Waals surface area contributed by atoms with Gasteiger partial charge < -0.3 is 0 Å². The highest BCUT2D eigenvalue weighted by molar-refractivity contribution is 7.96. The third kappa shape index (κ3) is 6.54. The molecule has 3 atom stereocenters. The maximum absolute atomic E-state index is 13.3. The van der Waals surface area contributed by atoms with Crippen molar-refractivity contribution >= 4 is 26.5 Å². The summed E-state index contributed by atoms with van der Waals surface area (Å²) in [6, 6.07) is 15.1. The number of anilines is 1. The molecule has 218 valence electrons. The van der Waals surface area contributed by atoms with Crippen LogP contribution in [0.3, 0.4) is 0 Å². The summed E-state index contributed by atoms with van der Waals surface area (Å²) < 4.78 is 73.4. The first-order valence-electron chi connectivity index (χ1n) is 13.4. The molecule has 3 aromatic rings. The van der Waals surface area contributed by atoms with Crippen molar-refractivity contribution in [3.05, 3.63) is 70.8 Å². The van der Waals surface area contributed by atoms with Crippen molar-refractivity contribution < 1.29 is 31.0 Å². The molecule has 1 N–H and O–H groups in total. The molecule has 0 saturated heterocycles. The van der Waals surface area contributed by atoms with Gasteiger partial charge in [-0.2, -0.15) is 0 Å². The first-order valence-corrected chi connectivity index (χ1v) is 15.7. The molecule has 1 saturated carbocycles. The fraction of sp³-hybridized carbons (Fsp3) is 0.414. The highest BCUT2D eigenvalue weighted by Gasteiger charge is 2.38. The van der Waals surface area contributed by atoms with Crippen molar-refractivity contribution in [3.63, 3.8) is 0 Å². The van der Waals surface area contributed by atoms with E-state index < -0.39 is 28.5 Å². The lowest BCUT2D eigenvalue weighted by atomic mass is 9.92. The normalized spacial score (nSPS) is 21.3. The van der Waals surface area contributed by atoms with Gasteiger partial charge in [-0.1, -0.05) is 72.3 Å². The Morgan fingerprint density at radius 1 is 1.12 bits per heavy atom. The molecule has 2 heterocycles. The zero-order valence-corrected chi connectivity index (χ0v) is 24.8. The summed E-state index contributed by atoms with van der Waals surface area (Å²) in [5.41, 5.74) is 4.35. The number of hydrogen-bond donors (Lipinski definition) is 1. The predicted octanol–water partition coefficient (Wildman–Crippen LogP) is 7.85. The van der Waals surface area contributed by atoms with Crippen LogP contribution in [0.4, 0.5) is 18.3 Å². The standard InChI is InChI=1S/C29H32F3N4O3S2/c1-17(2)23-10-5-6-11-24(23)26-27(40-28(33-26)35-41(37,38)25-16-36(4)34-18(25)3)21-9-7-8-19(14-21)20-12-13-22(15-20)39-29(30,31)32/h5-11,14,16-18,20,22H,12-13,15H2,1-4H3,(H,33,35)/q+1/t18?,20-,22+/m0/s1. The Hall–Kier alpha value is -3.09. The lowest BCUT2D eigenvalue weighted by Crippen LogP contribution is -2.21. The van der Waals surface area contributed by atoms with Crippen LogP contribution in [0.15, 0.2) is 64.8 Å². The molecule has 1 unspecified atom stereocenters. The number of rotatable bonds is 8. The average Bonchev–Trinajstić information content (AvgIpc) is 3.61. The minimum atomic E-state index is -4.65. The van der Waals surface area contributed by atoms with E-state index in [1.165, 1.54) is 22.2 Å². The van der Waals surface area contributed by atoms with Crippen LogP contribution in [0.25, 0.3) is 21.7 Å². The molecule has 5 rings (SSSR count). The van der Waals surface area contributed by atoms with Crippen molar-refractivity contribution in [1.82, 2.24) is 4.98 Å². The molecule has 2 aromatic carbocycles. The smallest absolute Gasteiger partial charge is 0.289 e. The number of halogens is 3. The summed E-state index contributed by atoms with van der Waals surface area (Å²) in [6.45, 7) is 5.89.